The zero-order valence-corrected chi connectivity index (χ0v) is 7.82. The molecule has 1 rings (SSSR count). The maximum absolute atomic E-state index is 9.61. The Balaban J connectivity index is 3.08. The Kier molecular flexibility index (Phi) is 3.14. The van der Waals surface area contributed by atoms with Crippen LogP contribution < -0.4 is 4.74 Å². The van der Waals surface area contributed by atoms with Gasteiger partial charge in [0.05, 0.1) is 13.2 Å². The van der Waals surface area contributed by atoms with Gasteiger partial charge in [0, 0.05) is 5.56 Å². The van der Waals surface area contributed by atoms with Crippen LogP contribution in [0.5, 0.6) is 11.5 Å². The molecule has 0 saturated heterocycles. The topological polar surface area (TPSA) is 49.7 Å². The molecule has 0 spiro atoms. The summed E-state index contributed by atoms with van der Waals surface area (Å²) < 4.78 is 4.92. The molecule has 0 fully saturated rings. The van der Waals surface area contributed by atoms with E-state index in [1.54, 1.807) is 18.2 Å². The van der Waals surface area contributed by atoms with Crippen molar-refractivity contribution >= 4 is 0 Å². The normalized spacial score (nSPS) is 12.5. The molecule has 0 aromatic heterocycles. The Morgan fingerprint density at radius 1 is 1.46 bits per heavy atom. The Hall–Kier alpha value is -1.22. The van der Waals surface area contributed by atoms with Crippen molar-refractivity contribution in [3.63, 3.8) is 0 Å². The zero-order valence-electron chi connectivity index (χ0n) is 7.82. The average Bonchev–Trinajstić information content (AvgIpc) is 2.17. The number of aromatic hydroxyl groups is 1. The van der Waals surface area contributed by atoms with E-state index in [0.29, 0.717) is 17.7 Å². The van der Waals surface area contributed by atoms with E-state index in [-0.39, 0.29) is 5.75 Å². The molecule has 0 saturated carbocycles. The first kappa shape index (κ1) is 9.86. The van der Waals surface area contributed by atoms with Crippen LogP contribution in [0.2, 0.25) is 0 Å². The Morgan fingerprint density at radius 2 is 2.15 bits per heavy atom. The first-order valence-corrected chi connectivity index (χ1v) is 4.24. The molecule has 0 bridgehead atoms. The van der Waals surface area contributed by atoms with E-state index >= 15 is 0 Å². The molecule has 1 atom stereocenters. The summed E-state index contributed by atoms with van der Waals surface area (Å²) in [5, 5.41) is 19.1. The summed E-state index contributed by atoms with van der Waals surface area (Å²) in [6, 6.07) is 5.08. The highest BCUT2D eigenvalue weighted by atomic mass is 16.5. The third-order valence-corrected chi connectivity index (χ3v) is 2.00. The third-order valence-electron chi connectivity index (χ3n) is 2.00. The summed E-state index contributed by atoms with van der Waals surface area (Å²) >= 11 is 0. The SMILES string of the molecule is CCC(O)c1cccc(OC)c1O. The predicted octanol–water partition coefficient (Wildman–Crippen LogP) is 1.84. The van der Waals surface area contributed by atoms with Crippen LogP contribution >= 0.6 is 0 Å². The summed E-state index contributed by atoms with van der Waals surface area (Å²) in [7, 11) is 1.48. The molecular weight excluding hydrogens is 168 g/mol. The van der Waals surface area contributed by atoms with E-state index in [0.717, 1.165) is 0 Å². The number of benzene rings is 1. The molecular formula is C10H14O3. The largest absolute Gasteiger partial charge is 0.504 e. The number of methoxy groups -OCH3 is 1. The fourth-order valence-electron chi connectivity index (χ4n) is 1.19. The van der Waals surface area contributed by atoms with Gasteiger partial charge in [0.1, 0.15) is 0 Å². The van der Waals surface area contributed by atoms with Crippen molar-refractivity contribution in [2.75, 3.05) is 7.11 Å². The standard InChI is InChI=1S/C10H14O3/c1-3-8(11)7-5-4-6-9(13-2)10(7)12/h4-6,8,11-12H,3H2,1-2H3. The molecule has 3 heteroatoms. The Bertz CT molecular complexity index is 283. The second-order valence-electron chi connectivity index (χ2n) is 2.82. The van der Waals surface area contributed by atoms with Crippen molar-refractivity contribution in [3.8, 4) is 11.5 Å². The summed E-state index contributed by atoms with van der Waals surface area (Å²) in [5.41, 5.74) is 0.516. The van der Waals surface area contributed by atoms with Crippen molar-refractivity contribution in [1.29, 1.82) is 0 Å². The van der Waals surface area contributed by atoms with Crippen LogP contribution in [0, 0.1) is 0 Å². The Morgan fingerprint density at radius 3 is 2.69 bits per heavy atom. The highest BCUT2D eigenvalue weighted by Crippen LogP contribution is 2.34. The number of aliphatic hydroxyl groups is 1. The van der Waals surface area contributed by atoms with Crippen molar-refractivity contribution in [2.24, 2.45) is 0 Å². The van der Waals surface area contributed by atoms with Gasteiger partial charge in [-0.2, -0.15) is 0 Å². The molecule has 13 heavy (non-hydrogen) atoms. The van der Waals surface area contributed by atoms with Crippen LogP contribution in [0.15, 0.2) is 18.2 Å². The van der Waals surface area contributed by atoms with E-state index in [9.17, 15) is 10.2 Å². The molecule has 0 heterocycles. The third kappa shape index (κ3) is 1.92. The molecule has 0 aliphatic rings. The average molecular weight is 182 g/mol. The zero-order chi connectivity index (χ0) is 9.84. The fourth-order valence-corrected chi connectivity index (χ4v) is 1.19. The molecule has 1 aromatic rings. The summed E-state index contributed by atoms with van der Waals surface area (Å²) in [5.74, 6) is 0.421. The molecule has 0 aliphatic carbocycles. The number of hydrogen-bond acceptors (Lipinski definition) is 3. The lowest BCUT2D eigenvalue weighted by atomic mass is 10.1. The lowest BCUT2D eigenvalue weighted by Gasteiger charge is -2.12. The molecule has 2 N–H and O–H groups in total. The van der Waals surface area contributed by atoms with Gasteiger partial charge in [-0.15, -0.1) is 0 Å². The quantitative estimate of drug-likeness (QED) is 0.750. The number of aliphatic hydroxyl groups excluding tert-OH is 1. The monoisotopic (exact) mass is 182 g/mol. The summed E-state index contributed by atoms with van der Waals surface area (Å²) in [6.45, 7) is 1.85. The highest BCUT2D eigenvalue weighted by molar-refractivity contribution is 5.46. The van der Waals surface area contributed by atoms with Crippen molar-refractivity contribution < 1.29 is 14.9 Å². The van der Waals surface area contributed by atoms with E-state index in [1.807, 2.05) is 6.92 Å². The molecule has 3 nitrogen and oxygen atoms in total. The predicted molar refractivity (Wildman–Crippen MR) is 49.9 cm³/mol. The Labute approximate surface area is 77.6 Å². The van der Waals surface area contributed by atoms with Gasteiger partial charge in [-0.25, -0.2) is 0 Å². The van der Waals surface area contributed by atoms with Crippen LogP contribution in [0.1, 0.15) is 25.0 Å². The van der Waals surface area contributed by atoms with Crippen molar-refractivity contribution in [3.05, 3.63) is 23.8 Å². The lowest BCUT2D eigenvalue weighted by Crippen LogP contribution is -1.96. The maximum atomic E-state index is 9.61. The number of phenols is 1. The number of ether oxygens (including phenoxy) is 1. The van der Waals surface area contributed by atoms with Gasteiger partial charge < -0.3 is 14.9 Å². The van der Waals surface area contributed by atoms with Gasteiger partial charge in [0.25, 0.3) is 0 Å². The molecule has 1 aromatic carbocycles. The first-order chi connectivity index (χ1) is 6.20. The van der Waals surface area contributed by atoms with Crippen molar-refractivity contribution in [2.45, 2.75) is 19.4 Å². The fraction of sp³-hybridized carbons (Fsp3) is 0.400. The van der Waals surface area contributed by atoms with Crippen LogP contribution in [0.3, 0.4) is 0 Å². The van der Waals surface area contributed by atoms with Gasteiger partial charge in [-0.05, 0) is 12.5 Å². The second kappa shape index (κ2) is 4.14. The number of rotatable bonds is 3. The van der Waals surface area contributed by atoms with E-state index in [1.165, 1.54) is 7.11 Å². The minimum Gasteiger partial charge on any atom is -0.504 e. The van der Waals surface area contributed by atoms with Crippen molar-refractivity contribution in [1.82, 2.24) is 0 Å². The van der Waals surface area contributed by atoms with Crippen LogP contribution in [-0.2, 0) is 0 Å². The van der Waals surface area contributed by atoms with Gasteiger partial charge >= 0.3 is 0 Å². The van der Waals surface area contributed by atoms with Crippen LogP contribution in [-0.4, -0.2) is 17.3 Å². The van der Waals surface area contributed by atoms with Gasteiger partial charge in [0.15, 0.2) is 11.5 Å². The lowest BCUT2D eigenvalue weighted by molar-refractivity contribution is 0.169. The van der Waals surface area contributed by atoms with Gasteiger partial charge in [0.2, 0.25) is 0 Å². The van der Waals surface area contributed by atoms with E-state index in [2.05, 4.69) is 0 Å². The van der Waals surface area contributed by atoms with Gasteiger partial charge in [-0.1, -0.05) is 19.1 Å². The number of para-hydroxylation sites is 1. The smallest absolute Gasteiger partial charge is 0.163 e. The molecule has 0 amide bonds. The number of hydrogen-bond donors (Lipinski definition) is 2. The molecule has 72 valence electrons. The van der Waals surface area contributed by atoms with Crippen LogP contribution in [0.4, 0.5) is 0 Å². The second-order valence-corrected chi connectivity index (χ2v) is 2.82. The molecule has 0 radical (unpaired) electrons. The van der Waals surface area contributed by atoms with Crippen LogP contribution in [0.25, 0.3) is 0 Å². The first-order valence-electron chi connectivity index (χ1n) is 4.24. The minimum absolute atomic E-state index is 0.0272. The summed E-state index contributed by atoms with van der Waals surface area (Å²) in [4.78, 5) is 0. The molecule has 0 aliphatic heterocycles. The number of phenolic OH excluding ortho intramolecular Hbond substituents is 1. The maximum Gasteiger partial charge on any atom is 0.163 e. The van der Waals surface area contributed by atoms with Gasteiger partial charge in [-0.3, -0.25) is 0 Å². The highest BCUT2D eigenvalue weighted by Gasteiger charge is 2.13. The summed E-state index contributed by atoms with van der Waals surface area (Å²) in [6.07, 6.45) is -0.0594. The van der Waals surface area contributed by atoms with E-state index in [4.69, 9.17) is 4.74 Å². The minimum atomic E-state index is -0.630. The molecule has 1 unspecified atom stereocenters. The van der Waals surface area contributed by atoms with E-state index < -0.39 is 6.10 Å².